The van der Waals surface area contributed by atoms with Gasteiger partial charge in [0, 0.05) is 18.0 Å². The Bertz CT molecular complexity index is 475. The van der Waals surface area contributed by atoms with E-state index in [1.165, 1.54) is 24.8 Å². The molecule has 3 nitrogen and oxygen atoms in total. The van der Waals surface area contributed by atoms with Crippen molar-refractivity contribution in [3.05, 3.63) is 23.8 Å². The highest BCUT2D eigenvalue weighted by molar-refractivity contribution is 5.44. The van der Waals surface area contributed by atoms with E-state index >= 15 is 0 Å². The molecule has 0 aromatic heterocycles. The van der Waals surface area contributed by atoms with Crippen LogP contribution in [0.25, 0.3) is 0 Å². The van der Waals surface area contributed by atoms with E-state index in [0.29, 0.717) is 12.6 Å². The van der Waals surface area contributed by atoms with Crippen LogP contribution >= 0.6 is 0 Å². The van der Waals surface area contributed by atoms with Gasteiger partial charge in [0.2, 0.25) is 0 Å². The summed E-state index contributed by atoms with van der Waals surface area (Å²) in [6.07, 6.45) is 5.81. The number of fused-ring (bicyclic) bond motifs is 1. The maximum atomic E-state index is 6.26. The van der Waals surface area contributed by atoms with Gasteiger partial charge in [0.15, 0.2) is 0 Å². The van der Waals surface area contributed by atoms with E-state index in [1.54, 1.807) is 0 Å². The van der Waals surface area contributed by atoms with Crippen molar-refractivity contribution in [2.24, 2.45) is 0 Å². The van der Waals surface area contributed by atoms with E-state index in [-0.39, 0.29) is 5.60 Å². The lowest BCUT2D eigenvalue weighted by Gasteiger charge is -2.40. The summed E-state index contributed by atoms with van der Waals surface area (Å²) < 4.78 is 11.9. The molecule has 0 saturated carbocycles. The molecule has 0 fully saturated rings. The van der Waals surface area contributed by atoms with E-state index in [1.807, 2.05) is 13.0 Å². The molecular weight excluding hydrogens is 274 g/mol. The summed E-state index contributed by atoms with van der Waals surface area (Å²) in [6.45, 7) is 10.4. The van der Waals surface area contributed by atoms with Crippen molar-refractivity contribution in [2.45, 2.75) is 71.4 Å². The molecule has 1 aliphatic heterocycles. The fourth-order valence-electron chi connectivity index (χ4n) is 3.05. The molecule has 0 aliphatic carbocycles. The maximum absolute atomic E-state index is 6.26. The van der Waals surface area contributed by atoms with Crippen LogP contribution in [0, 0.1) is 0 Å². The zero-order valence-corrected chi connectivity index (χ0v) is 14.6. The quantitative estimate of drug-likeness (QED) is 0.696. The van der Waals surface area contributed by atoms with Gasteiger partial charge in [-0.1, -0.05) is 26.7 Å². The van der Waals surface area contributed by atoms with Crippen molar-refractivity contribution in [3.8, 4) is 11.5 Å². The zero-order chi connectivity index (χ0) is 16.0. The van der Waals surface area contributed by atoms with Crippen LogP contribution in [0.3, 0.4) is 0 Å². The molecule has 0 bridgehead atoms. The lowest BCUT2D eigenvalue weighted by molar-refractivity contribution is 0.0440. The van der Waals surface area contributed by atoms with Gasteiger partial charge >= 0.3 is 0 Å². The minimum Gasteiger partial charge on any atom is -0.494 e. The van der Waals surface area contributed by atoms with Crippen molar-refractivity contribution < 1.29 is 9.47 Å². The molecule has 124 valence electrons. The molecule has 2 unspecified atom stereocenters. The number of hydrogen-bond acceptors (Lipinski definition) is 3. The van der Waals surface area contributed by atoms with Crippen molar-refractivity contribution in [1.82, 2.24) is 5.32 Å². The van der Waals surface area contributed by atoms with E-state index in [9.17, 15) is 0 Å². The summed E-state index contributed by atoms with van der Waals surface area (Å²) in [7, 11) is 0. The Morgan fingerprint density at radius 1 is 1.27 bits per heavy atom. The fraction of sp³-hybridized carbons (Fsp3) is 0.684. The summed E-state index contributed by atoms with van der Waals surface area (Å²) in [6, 6.07) is 6.57. The summed E-state index contributed by atoms with van der Waals surface area (Å²) >= 11 is 0. The molecule has 1 aliphatic rings. The van der Waals surface area contributed by atoms with Gasteiger partial charge in [-0.2, -0.15) is 0 Å². The first-order chi connectivity index (χ1) is 10.6. The van der Waals surface area contributed by atoms with Crippen LogP contribution in [0.1, 0.15) is 71.4 Å². The fourth-order valence-corrected chi connectivity index (χ4v) is 3.05. The summed E-state index contributed by atoms with van der Waals surface area (Å²) in [5.41, 5.74) is 1.16. The van der Waals surface area contributed by atoms with E-state index in [4.69, 9.17) is 9.47 Å². The number of benzene rings is 1. The molecule has 0 radical (unpaired) electrons. The molecule has 0 spiro atoms. The van der Waals surface area contributed by atoms with Crippen molar-refractivity contribution in [3.63, 3.8) is 0 Å². The third kappa shape index (κ3) is 4.16. The molecule has 2 atom stereocenters. The Kier molecular flexibility index (Phi) is 6.13. The topological polar surface area (TPSA) is 30.5 Å². The SMILES string of the molecule is CCCCCNC1CC(C)(CC)Oc2ccc(OCC)cc21. The Morgan fingerprint density at radius 3 is 2.77 bits per heavy atom. The predicted octanol–water partition coefficient (Wildman–Crippen LogP) is 4.86. The molecule has 1 aromatic rings. The molecule has 22 heavy (non-hydrogen) atoms. The Hall–Kier alpha value is -1.22. The van der Waals surface area contributed by atoms with Crippen LogP contribution in [0.5, 0.6) is 11.5 Å². The number of rotatable bonds is 8. The lowest BCUT2D eigenvalue weighted by atomic mass is 9.86. The molecular formula is C19H31NO2. The summed E-state index contributed by atoms with van der Waals surface area (Å²) in [4.78, 5) is 0. The van der Waals surface area contributed by atoms with E-state index in [2.05, 4.69) is 38.2 Å². The monoisotopic (exact) mass is 305 g/mol. The van der Waals surface area contributed by atoms with Gasteiger partial charge in [0.1, 0.15) is 17.1 Å². The number of unbranched alkanes of at least 4 members (excludes halogenated alkanes) is 2. The van der Waals surface area contributed by atoms with Gasteiger partial charge in [0.25, 0.3) is 0 Å². The van der Waals surface area contributed by atoms with Crippen LogP contribution in [-0.4, -0.2) is 18.8 Å². The molecule has 0 amide bonds. The lowest BCUT2D eigenvalue weighted by Crippen LogP contribution is -2.41. The third-order valence-corrected chi connectivity index (χ3v) is 4.58. The standard InChI is InChI=1S/C19H31NO2/c1-5-8-9-12-20-17-14-19(4,6-2)22-18-11-10-15(21-7-3)13-16(17)18/h10-11,13,17,20H,5-9,12,14H2,1-4H3. The van der Waals surface area contributed by atoms with Crippen molar-refractivity contribution in [1.29, 1.82) is 0 Å². The predicted molar refractivity (Wildman–Crippen MR) is 91.8 cm³/mol. The van der Waals surface area contributed by atoms with Crippen LogP contribution in [0.2, 0.25) is 0 Å². The van der Waals surface area contributed by atoms with Crippen LogP contribution in [0.15, 0.2) is 18.2 Å². The second kappa shape index (κ2) is 7.87. The first kappa shape index (κ1) is 17.1. The highest BCUT2D eigenvalue weighted by Crippen LogP contribution is 2.42. The molecule has 1 N–H and O–H groups in total. The number of nitrogens with one attached hydrogen (secondary N) is 1. The molecule has 2 rings (SSSR count). The normalized spacial score (nSPS) is 23.7. The minimum absolute atomic E-state index is 0.0808. The van der Waals surface area contributed by atoms with E-state index in [0.717, 1.165) is 30.9 Å². The third-order valence-electron chi connectivity index (χ3n) is 4.58. The minimum atomic E-state index is -0.0808. The molecule has 1 aromatic carbocycles. The molecule has 0 saturated heterocycles. The highest BCUT2D eigenvalue weighted by Gasteiger charge is 2.35. The Morgan fingerprint density at radius 2 is 2.09 bits per heavy atom. The zero-order valence-electron chi connectivity index (χ0n) is 14.6. The van der Waals surface area contributed by atoms with Gasteiger partial charge in [-0.05, 0) is 51.4 Å². The first-order valence-electron chi connectivity index (χ1n) is 8.81. The van der Waals surface area contributed by atoms with Gasteiger partial charge in [0.05, 0.1) is 6.61 Å². The second-order valence-corrected chi connectivity index (χ2v) is 6.46. The van der Waals surface area contributed by atoms with Crippen LogP contribution in [-0.2, 0) is 0 Å². The first-order valence-corrected chi connectivity index (χ1v) is 8.81. The average Bonchev–Trinajstić information content (AvgIpc) is 2.52. The Balaban J connectivity index is 2.17. The number of hydrogen-bond donors (Lipinski definition) is 1. The highest BCUT2D eigenvalue weighted by atomic mass is 16.5. The maximum Gasteiger partial charge on any atom is 0.125 e. The summed E-state index contributed by atoms with van der Waals surface area (Å²) in [5.74, 6) is 1.94. The van der Waals surface area contributed by atoms with Gasteiger partial charge in [-0.15, -0.1) is 0 Å². The summed E-state index contributed by atoms with van der Waals surface area (Å²) in [5, 5.41) is 3.74. The van der Waals surface area contributed by atoms with Crippen molar-refractivity contribution >= 4 is 0 Å². The van der Waals surface area contributed by atoms with Gasteiger partial charge in [-0.25, -0.2) is 0 Å². The Labute approximate surface area is 135 Å². The molecule has 1 heterocycles. The van der Waals surface area contributed by atoms with Crippen LogP contribution in [0.4, 0.5) is 0 Å². The smallest absolute Gasteiger partial charge is 0.125 e. The molecule has 3 heteroatoms. The average molecular weight is 305 g/mol. The largest absolute Gasteiger partial charge is 0.494 e. The van der Waals surface area contributed by atoms with Gasteiger partial charge in [-0.3, -0.25) is 0 Å². The second-order valence-electron chi connectivity index (χ2n) is 6.46. The van der Waals surface area contributed by atoms with Gasteiger partial charge < -0.3 is 14.8 Å². The van der Waals surface area contributed by atoms with Crippen LogP contribution < -0.4 is 14.8 Å². The van der Waals surface area contributed by atoms with Crippen molar-refractivity contribution in [2.75, 3.05) is 13.2 Å². The number of ether oxygens (including phenoxy) is 2. The van der Waals surface area contributed by atoms with E-state index < -0.39 is 0 Å².